The van der Waals surface area contributed by atoms with Crippen LogP contribution in [0.5, 0.6) is 0 Å². The average molecular weight is 317 g/mol. The summed E-state index contributed by atoms with van der Waals surface area (Å²) >= 11 is 0. The summed E-state index contributed by atoms with van der Waals surface area (Å²) in [6.07, 6.45) is 8.71. The lowest BCUT2D eigenvalue weighted by Crippen LogP contribution is -2.40. The summed E-state index contributed by atoms with van der Waals surface area (Å²) in [7, 11) is -1.13. The van der Waals surface area contributed by atoms with E-state index in [9.17, 15) is 13.8 Å². The van der Waals surface area contributed by atoms with Crippen molar-refractivity contribution in [2.75, 3.05) is 18.1 Å². The molecule has 0 aromatic carbocycles. The van der Waals surface area contributed by atoms with Gasteiger partial charge in [-0.05, 0) is 6.42 Å². The van der Waals surface area contributed by atoms with Crippen LogP contribution < -0.4 is 5.32 Å². The highest BCUT2D eigenvalue weighted by Gasteiger charge is 2.28. The van der Waals surface area contributed by atoms with Crippen LogP contribution in [0.15, 0.2) is 0 Å². The number of esters is 1. The Balaban J connectivity index is 2.02. The lowest BCUT2D eigenvalue weighted by Gasteiger charge is -2.08. The summed E-state index contributed by atoms with van der Waals surface area (Å²) in [5.41, 5.74) is 0. The Morgan fingerprint density at radius 3 is 2.52 bits per heavy atom. The van der Waals surface area contributed by atoms with Gasteiger partial charge in [0, 0.05) is 23.0 Å². The number of amides is 1. The van der Waals surface area contributed by atoms with Crippen molar-refractivity contribution in [3.8, 4) is 0 Å². The van der Waals surface area contributed by atoms with Crippen LogP contribution in [0.3, 0.4) is 0 Å². The Kier molecular flexibility index (Phi) is 9.30. The highest BCUT2D eigenvalue weighted by atomic mass is 32.2. The van der Waals surface area contributed by atoms with Crippen LogP contribution in [0, 0.1) is 0 Å². The smallest absolute Gasteiger partial charge is 0.328 e. The summed E-state index contributed by atoms with van der Waals surface area (Å²) in [5, 5.41) is 2.58. The Bertz CT molecular complexity index is 360. The van der Waals surface area contributed by atoms with E-state index in [4.69, 9.17) is 4.74 Å². The maximum atomic E-state index is 11.8. The van der Waals surface area contributed by atoms with Gasteiger partial charge < -0.3 is 10.1 Å². The van der Waals surface area contributed by atoms with Gasteiger partial charge in [0.2, 0.25) is 5.91 Å². The molecule has 0 aromatic rings. The minimum atomic E-state index is -1.13. The summed E-state index contributed by atoms with van der Waals surface area (Å²) in [5.74, 6) is -0.156. The van der Waals surface area contributed by atoms with Gasteiger partial charge >= 0.3 is 5.97 Å². The first-order chi connectivity index (χ1) is 10.1. The first-order valence-corrected chi connectivity index (χ1v) is 9.43. The van der Waals surface area contributed by atoms with E-state index in [1.54, 1.807) is 0 Å². The van der Waals surface area contributed by atoms with Crippen molar-refractivity contribution < 1.29 is 18.5 Å². The third-order valence-electron chi connectivity index (χ3n) is 3.54. The van der Waals surface area contributed by atoms with E-state index in [2.05, 4.69) is 12.2 Å². The molecule has 1 aliphatic rings. The second-order valence-corrected chi connectivity index (χ2v) is 7.06. The van der Waals surface area contributed by atoms with E-state index in [1.807, 2.05) is 0 Å². The van der Waals surface area contributed by atoms with Crippen molar-refractivity contribution in [1.82, 2.24) is 5.32 Å². The van der Waals surface area contributed by atoms with Gasteiger partial charge in [-0.15, -0.1) is 0 Å². The number of carbonyl (C=O) groups excluding carboxylic acids is 2. The van der Waals surface area contributed by atoms with Crippen LogP contribution in [0.1, 0.15) is 58.3 Å². The minimum Gasteiger partial charge on any atom is -0.464 e. The predicted molar refractivity (Wildman–Crippen MR) is 83.4 cm³/mol. The number of hydrogen-bond donors (Lipinski definition) is 1. The molecule has 122 valence electrons. The Labute approximate surface area is 129 Å². The van der Waals surface area contributed by atoms with Crippen molar-refractivity contribution in [2.24, 2.45) is 0 Å². The molecular formula is C15H27NO4S. The quantitative estimate of drug-likeness (QED) is 0.467. The highest BCUT2D eigenvalue weighted by molar-refractivity contribution is 7.85. The number of hydrogen-bond acceptors (Lipinski definition) is 4. The maximum absolute atomic E-state index is 11.8. The predicted octanol–water partition coefficient (Wildman–Crippen LogP) is 1.92. The molecule has 6 heteroatoms. The second-order valence-electron chi connectivity index (χ2n) is 5.49. The topological polar surface area (TPSA) is 72.5 Å². The lowest BCUT2D eigenvalue weighted by atomic mass is 10.1. The van der Waals surface area contributed by atoms with E-state index in [0.717, 1.165) is 12.8 Å². The van der Waals surface area contributed by atoms with Crippen molar-refractivity contribution in [1.29, 1.82) is 0 Å². The van der Waals surface area contributed by atoms with Gasteiger partial charge in [-0.2, -0.15) is 0 Å². The molecule has 5 nitrogen and oxygen atoms in total. The highest BCUT2D eigenvalue weighted by Crippen LogP contribution is 2.08. The van der Waals surface area contributed by atoms with Gasteiger partial charge in [0.25, 0.3) is 0 Å². The zero-order chi connectivity index (χ0) is 15.5. The fourth-order valence-corrected chi connectivity index (χ4v) is 3.35. The van der Waals surface area contributed by atoms with Gasteiger partial charge in [0.15, 0.2) is 0 Å². The molecule has 1 rings (SSSR count). The largest absolute Gasteiger partial charge is 0.464 e. The Hall–Kier alpha value is -0.910. The van der Waals surface area contributed by atoms with E-state index >= 15 is 0 Å². The molecule has 2 atom stereocenters. The van der Waals surface area contributed by atoms with Crippen molar-refractivity contribution >= 4 is 22.7 Å². The molecule has 0 saturated carbocycles. The van der Waals surface area contributed by atoms with Crippen LogP contribution >= 0.6 is 0 Å². The van der Waals surface area contributed by atoms with Gasteiger partial charge in [-0.25, -0.2) is 4.79 Å². The van der Waals surface area contributed by atoms with Crippen LogP contribution in [-0.4, -0.2) is 40.2 Å². The summed E-state index contributed by atoms with van der Waals surface area (Å²) in [6, 6.07) is -0.548. The standard InChI is InChI=1S/C15H27NO4S/c1-2-3-4-5-6-7-8-11-21(19)12-14(17)16-13-9-10-20-15(13)18/h13H,2-12H2,1H3,(H,16,17)/t13-,21?/m0/s1. The van der Waals surface area contributed by atoms with Gasteiger partial charge in [0.1, 0.15) is 11.8 Å². The number of nitrogens with one attached hydrogen (secondary N) is 1. The molecule has 1 amide bonds. The van der Waals surface area contributed by atoms with E-state index in [0.29, 0.717) is 18.8 Å². The fourth-order valence-electron chi connectivity index (χ4n) is 2.30. The van der Waals surface area contributed by atoms with E-state index in [-0.39, 0.29) is 17.6 Å². The third-order valence-corrected chi connectivity index (χ3v) is 4.87. The van der Waals surface area contributed by atoms with Crippen molar-refractivity contribution in [3.63, 3.8) is 0 Å². The average Bonchev–Trinajstić information content (AvgIpc) is 2.83. The monoisotopic (exact) mass is 317 g/mol. The van der Waals surface area contributed by atoms with Crippen LogP contribution in [0.2, 0.25) is 0 Å². The van der Waals surface area contributed by atoms with Crippen molar-refractivity contribution in [3.05, 3.63) is 0 Å². The molecule has 0 radical (unpaired) electrons. The van der Waals surface area contributed by atoms with Gasteiger partial charge in [-0.1, -0.05) is 45.4 Å². The Morgan fingerprint density at radius 2 is 1.90 bits per heavy atom. The number of rotatable bonds is 11. The van der Waals surface area contributed by atoms with E-state index in [1.165, 1.54) is 32.1 Å². The lowest BCUT2D eigenvalue weighted by molar-refractivity contribution is -0.141. The van der Waals surface area contributed by atoms with Crippen LogP contribution in [-0.2, 0) is 25.1 Å². The fraction of sp³-hybridized carbons (Fsp3) is 0.867. The minimum absolute atomic E-state index is 0.0143. The van der Waals surface area contributed by atoms with E-state index < -0.39 is 16.8 Å². The first kappa shape index (κ1) is 18.1. The van der Waals surface area contributed by atoms with Gasteiger partial charge in [-0.3, -0.25) is 9.00 Å². The molecule has 0 aliphatic carbocycles. The van der Waals surface area contributed by atoms with Gasteiger partial charge in [0.05, 0.1) is 6.61 Å². The molecule has 0 spiro atoms. The van der Waals surface area contributed by atoms with Crippen LogP contribution in [0.25, 0.3) is 0 Å². The normalized spacial score (nSPS) is 19.3. The molecule has 0 bridgehead atoms. The molecule has 1 N–H and O–H groups in total. The maximum Gasteiger partial charge on any atom is 0.328 e. The molecule has 1 fully saturated rings. The first-order valence-electron chi connectivity index (χ1n) is 7.94. The molecular weight excluding hydrogens is 290 g/mol. The zero-order valence-corrected chi connectivity index (χ0v) is 13.7. The second kappa shape index (κ2) is 10.8. The molecule has 1 aliphatic heterocycles. The Morgan fingerprint density at radius 1 is 1.24 bits per heavy atom. The SMILES string of the molecule is CCCCCCCCCS(=O)CC(=O)N[C@H]1CCOC1=O. The number of cyclic esters (lactones) is 1. The summed E-state index contributed by atoms with van der Waals surface area (Å²) < 4.78 is 16.5. The summed E-state index contributed by atoms with van der Waals surface area (Å²) in [4.78, 5) is 22.9. The molecule has 1 saturated heterocycles. The molecule has 0 aromatic heterocycles. The third kappa shape index (κ3) is 8.19. The molecule has 21 heavy (non-hydrogen) atoms. The van der Waals surface area contributed by atoms with Crippen LogP contribution in [0.4, 0.5) is 0 Å². The molecule has 1 heterocycles. The number of ether oxygens (including phenoxy) is 1. The zero-order valence-electron chi connectivity index (χ0n) is 12.9. The molecule has 1 unspecified atom stereocenters. The number of unbranched alkanes of at least 4 members (excludes halogenated alkanes) is 6. The van der Waals surface area contributed by atoms with Crippen molar-refractivity contribution in [2.45, 2.75) is 64.3 Å². The summed E-state index contributed by atoms with van der Waals surface area (Å²) in [6.45, 7) is 2.55. The number of carbonyl (C=O) groups is 2.